The fourth-order valence-corrected chi connectivity index (χ4v) is 1.93. The molecule has 0 radical (unpaired) electrons. The number of benzene rings is 1. The molecule has 0 spiro atoms. The van der Waals surface area contributed by atoms with Crippen molar-refractivity contribution in [3.8, 4) is 0 Å². The molecule has 2 aromatic rings. The van der Waals surface area contributed by atoms with E-state index in [4.69, 9.17) is 34.8 Å². The minimum absolute atomic E-state index is 0.523. The first kappa shape index (κ1) is 13.5. The van der Waals surface area contributed by atoms with Gasteiger partial charge in [-0.3, -0.25) is 0 Å². The molecule has 1 N–H and O–H groups in total. The Morgan fingerprint density at radius 3 is 2.56 bits per heavy atom. The van der Waals surface area contributed by atoms with Gasteiger partial charge in [0.15, 0.2) is 0 Å². The zero-order valence-electron chi connectivity index (χ0n) is 9.67. The van der Waals surface area contributed by atoms with E-state index in [1.165, 1.54) is 0 Å². The summed E-state index contributed by atoms with van der Waals surface area (Å²) in [6, 6.07) is 7.50. The molecule has 0 unspecified atom stereocenters. The predicted octanol–water partition coefficient (Wildman–Crippen LogP) is 4.96. The molecule has 1 aromatic carbocycles. The van der Waals surface area contributed by atoms with E-state index in [-0.39, 0.29) is 0 Å². The Labute approximate surface area is 121 Å². The van der Waals surface area contributed by atoms with Crippen LogP contribution in [0.2, 0.25) is 15.2 Å². The first-order valence-corrected chi connectivity index (χ1v) is 6.49. The summed E-state index contributed by atoms with van der Waals surface area (Å²) in [4.78, 5) is 4.08. The number of nitrogens with zero attached hydrogens (tertiary/aromatic N) is 1. The van der Waals surface area contributed by atoms with Crippen LogP contribution in [0.4, 0.5) is 5.69 Å². The Hall–Kier alpha value is -0.960. The summed E-state index contributed by atoms with van der Waals surface area (Å²) in [5.41, 5.74) is 2.91. The molecule has 18 heavy (non-hydrogen) atoms. The average molecular weight is 302 g/mol. The van der Waals surface area contributed by atoms with Gasteiger partial charge >= 0.3 is 0 Å². The predicted molar refractivity (Wildman–Crippen MR) is 77.8 cm³/mol. The molecule has 1 aromatic heterocycles. The quantitative estimate of drug-likeness (QED) is 0.810. The van der Waals surface area contributed by atoms with E-state index in [1.807, 2.05) is 25.1 Å². The second kappa shape index (κ2) is 5.79. The Morgan fingerprint density at radius 2 is 1.89 bits per heavy atom. The Morgan fingerprint density at radius 1 is 1.11 bits per heavy atom. The molecule has 0 aliphatic rings. The number of aromatic nitrogens is 1. The van der Waals surface area contributed by atoms with Gasteiger partial charge < -0.3 is 5.32 Å². The van der Waals surface area contributed by atoms with Gasteiger partial charge in [-0.1, -0.05) is 40.9 Å². The summed E-state index contributed by atoms with van der Waals surface area (Å²) in [5, 5.41) is 4.89. The van der Waals surface area contributed by atoms with Crippen LogP contribution in [0.5, 0.6) is 0 Å². The van der Waals surface area contributed by atoms with Crippen LogP contribution in [0.1, 0.15) is 11.1 Å². The molecule has 0 saturated heterocycles. The topological polar surface area (TPSA) is 24.9 Å². The van der Waals surface area contributed by atoms with Crippen molar-refractivity contribution < 1.29 is 0 Å². The number of hydrogen-bond acceptors (Lipinski definition) is 2. The number of hydrogen-bond donors (Lipinski definition) is 1. The highest BCUT2D eigenvalue weighted by Crippen LogP contribution is 2.23. The fourth-order valence-electron chi connectivity index (χ4n) is 1.51. The van der Waals surface area contributed by atoms with E-state index in [9.17, 15) is 0 Å². The molecule has 0 aliphatic carbocycles. The standard InChI is InChI=1S/C13H11Cl3N2/c1-8-4-10(7-18-13(8)16)17-6-9-2-3-11(14)12(15)5-9/h2-5,7,17H,6H2,1H3. The summed E-state index contributed by atoms with van der Waals surface area (Å²) >= 11 is 17.7. The van der Waals surface area contributed by atoms with Crippen molar-refractivity contribution in [3.05, 3.63) is 56.8 Å². The number of anilines is 1. The molecule has 0 fully saturated rings. The molecule has 1 heterocycles. The van der Waals surface area contributed by atoms with Crippen LogP contribution in [0.3, 0.4) is 0 Å². The van der Waals surface area contributed by atoms with E-state index in [2.05, 4.69) is 10.3 Å². The third-order valence-corrected chi connectivity index (χ3v) is 3.63. The molecule has 0 bridgehead atoms. The molecule has 5 heteroatoms. The molecular formula is C13H11Cl3N2. The SMILES string of the molecule is Cc1cc(NCc2ccc(Cl)c(Cl)c2)cnc1Cl. The average Bonchev–Trinajstić information content (AvgIpc) is 2.35. The minimum Gasteiger partial charge on any atom is -0.380 e. The van der Waals surface area contributed by atoms with E-state index in [0.717, 1.165) is 16.8 Å². The van der Waals surface area contributed by atoms with Crippen molar-refractivity contribution in [2.75, 3.05) is 5.32 Å². The highest BCUT2D eigenvalue weighted by molar-refractivity contribution is 6.42. The van der Waals surface area contributed by atoms with Gasteiger partial charge in [0, 0.05) is 6.54 Å². The van der Waals surface area contributed by atoms with Gasteiger partial charge in [0.05, 0.1) is 21.9 Å². The molecule has 0 amide bonds. The lowest BCUT2D eigenvalue weighted by Crippen LogP contribution is -2.00. The van der Waals surface area contributed by atoms with Crippen molar-refractivity contribution in [1.82, 2.24) is 4.98 Å². The van der Waals surface area contributed by atoms with Crippen LogP contribution < -0.4 is 5.32 Å². The zero-order valence-corrected chi connectivity index (χ0v) is 11.9. The highest BCUT2D eigenvalue weighted by Gasteiger charge is 2.01. The molecule has 0 saturated carbocycles. The third kappa shape index (κ3) is 3.29. The summed E-state index contributed by atoms with van der Waals surface area (Å²) in [6.07, 6.45) is 1.70. The van der Waals surface area contributed by atoms with Gasteiger partial charge in [0.1, 0.15) is 5.15 Å². The Balaban J connectivity index is 2.06. The van der Waals surface area contributed by atoms with Crippen LogP contribution in [0.25, 0.3) is 0 Å². The normalized spacial score (nSPS) is 10.4. The van der Waals surface area contributed by atoms with Gasteiger partial charge in [-0.25, -0.2) is 4.98 Å². The zero-order chi connectivity index (χ0) is 13.1. The second-order valence-electron chi connectivity index (χ2n) is 3.93. The summed E-state index contributed by atoms with van der Waals surface area (Å²) < 4.78 is 0. The van der Waals surface area contributed by atoms with Gasteiger partial charge in [-0.05, 0) is 36.2 Å². The number of nitrogens with one attached hydrogen (secondary N) is 1. The summed E-state index contributed by atoms with van der Waals surface area (Å²) in [6.45, 7) is 2.57. The number of halogens is 3. The maximum absolute atomic E-state index is 5.95. The van der Waals surface area contributed by atoms with Crippen molar-refractivity contribution in [2.24, 2.45) is 0 Å². The van der Waals surface area contributed by atoms with Gasteiger partial charge in [0.2, 0.25) is 0 Å². The number of rotatable bonds is 3. The van der Waals surface area contributed by atoms with Gasteiger partial charge in [-0.15, -0.1) is 0 Å². The smallest absolute Gasteiger partial charge is 0.132 e. The van der Waals surface area contributed by atoms with E-state index in [0.29, 0.717) is 21.7 Å². The number of aryl methyl sites for hydroxylation is 1. The van der Waals surface area contributed by atoms with Crippen LogP contribution >= 0.6 is 34.8 Å². The largest absolute Gasteiger partial charge is 0.380 e. The molecule has 0 atom stereocenters. The Kier molecular flexibility index (Phi) is 4.33. The van der Waals surface area contributed by atoms with Crippen LogP contribution in [-0.4, -0.2) is 4.98 Å². The molecule has 2 nitrogen and oxygen atoms in total. The molecular weight excluding hydrogens is 291 g/mol. The maximum Gasteiger partial charge on any atom is 0.132 e. The highest BCUT2D eigenvalue weighted by atomic mass is 35.5. The van der Waals surface area contributed by atoms with Crippen molar-refractivity contribution >= 4 is 40.5 Å². The van der Waals surface area contributed by atoms with Gasteiger partial charge in [-0.2, -0.15) is 0 Å². The first-order valence-electron chi connectivity index (χ1n) is 5.36. The van der Waals surface area contributed by atoms with Crippen LogP contribution in [-0.2, 0) is 6.54 Å². The fraction of sp³-hybridized carbons (Fsp3) is 0.154. The Bertz CT molecular complexity index is 519. The maximum atomic E-state index is 5.95. The lowest BCUT2D eigenvalue weighted by Gasteiger charge is -2.08. The van der Waals surface area contributed by atoms with Crippen molar-refractivity contribution in [2.45, 2.75) is 13.5 Å². The lowest BCUT2D eigenvalue weighted by atomic mass is 10.2. The van der Waals surface area contributed by atoms with Crippen molar-refractivity contribution in [3.63, 3.8) is 0 Å². The minimum atomic E-state index is 0.523. The monoisotopic (exact) mass is 300 g/mol. The first-order chi connectivity index (χ1) is 8.56. The van der Waals surface area contributed by atoms with E-state index >= 15 is 0 Å². The second-order valence-corrected chi connectivity index (χ2v) is 5.11. The van der Waals surface area contributed by atoms with Crippen molar-refractivity contribution in [1.29, 1.82) is 0 Å². The summed E-state index contributed by atoms with van der Waals surface area (Å²) in [5.74, 6) is 0. The molecule has 2 rings (SSSR count). The number of pyridine rings is 1. The van der Waals surface area contributed by atoms with Crippen LogP contribution in [0.15, 0.2) is 30.5 Å². The summed E-state index contributed by atoms with van der Waals surface area (Å²) in [7, 11) is 0. The lowest BCUT2D eigenvalue weighted by molar-refractivity contribution is 1.13. The third-order valence-electron chi connectivity index (χ3n) is 2.50. The molecule has 0 aliphatic heterocycles. The van der Waals surface area contributed by atoms with Crippen LogP contribution in [0, 0.1) is 6.92 Å². The van der Waals surface area contributed by atoms with E-state index < -0.39 is 0 Å². The van der Waals surface area contributed by atoms with Gasteiger partial charge in [0.25, 0.3) is 0 Å². The van der Waals surface area contributed by atoms with E-state index in [1.54, 1.807) is 12.3 Å². The molecule has 94 valence electrons.